The van der Waals surface area contributed by atoms with Crippen molar-refractivity contribution in [2.75, 3.05) is 7.11 Å². The average Bonchev–Trinajstić information content (AvgIpc) is 3.03. The number of benzene rings is 1. The third-order valence-electron chi connectivity index (χ3n) is 4.81. The molecule has 0 fully saturated rings. The summed E-state index contributed by atoms with van der Waals surface area (Å²) < 4.78 is 14.1. The van der Waals surface area contributed by atoms with Gasteiger partial charge in [-0.15, -0.1) is 0 Å². The van der Waals surface area contributed by atoms with Crippen LogP contribution >= 0.6 is 0 Å². The molecule has 1 atom stereocenters. The topological polar surface area (TPSA) is 36.3 Å². The lowest BCUT2D eigenvalue weighted by Crippen LogP contribution is -2.38. The Balaban J connectivity index is 2.41. The molecule has 0 N–H and O–H groups in total. The number of aromatic nitrogens is 2. The molecule has 126 valence electrons. The molecule has 23 heavy (non-hydrogen) atoms. The molecule has 0 saturated heterocycles. The fourth-order valence-electron chi connectivity index (χ4n) is 2.93. The minimum absolute atomic E-state index is 0.118. The highest BCUT2D eigenvalue weighted by molar-refractivity contribution is 6.73. The molecule has 0 aliphatic rings. The maximum absolute atomic E-state index is 6.79. The average molecular weight is 333 g/mol. The van der Waals surface area contributed by atoms with E-state index in [1.54, 1.807) is 7.11 Å². The number of nitrogens with zero attached hydrogens (tertiary/aromatic N) is 2. The summed E-state index contributed by atoms with van der Waals surface area (Å²) in [5.41, 5.74) is 1.13. The van der Waals surface area contributed by atoms with Gasteiger partial charge in [-0.3, -0.25) is 0 Å². The van der Waals surface area contributed by atoms with Gasteiger partial charge in [-0.25, -0.2) is 4.98 Å². The first-order valence-corrected chi connectivity index (χ1v) is 10.9. The minimum Gasteiger partial charge on any atom is -0.497 e. The van der Waals surface area contributed by atoms with E-state index in [2.05, 4.69) is 42.5 Å². The summed E-state index contributed by atoms with van der Waals surface area (Å²) in [6.07, 6.45) is 3.69. The minimum atomic E-state index is -1.75. The zero-order chi connectivity index (χ0) is 16.9. The van der Waals surface area contributed by atoms with E-state index in [1.807, 2.05) is 31.6 Å². The van der Waals surface area contributed by atoms with E-state index < -0.39 is 8.32 Å². The van der Waals surface area contributed by atoms with Crippen LogP contribution in [-0.4, -0.2) is 25.0 Å². The van der Waals surface area contributed by atoms with Gasteiger partial charge in [0.2, 0.25) is 0 Å². The van der Waals surface area contributed by atoms with Crippen LogP contribution in [0.15, 0.2) is 36.7 Å². The molecule has 0 spiro atoms. The standard InChI is InChI=1S/C18H28N2O2Si/c1-6-23(7-2,8-3)22-17(18-19-13-14-20(18)4)15-9-11-16(21-5)12-10-15/h9-14,17H,6-8H2,1-5H3. The highest BCUT2D eigenvalue weighted by Crippen LogP contribution is 2.34. The van der Waals surface area contributed by atoms with E-state index in [9.17, 15) is 0 Å². The zero-order valence-electron chi connectivity index (χ0n) is 14.9. The predicted molar refractivity (Wildman–Crippen MR) is 96.3 cm³/mol. The number of hydrogen-bond acceptors (Lipinski definition) is 3. The van der Waals surface area contributed by atoms with Gasteiger partial charge in [0.1, 0.15) is 17.7 Å². The molecule has 0 amide bonds. The van der Waals surface area contributed by atoms with Crippen LogP contribution in [-0.2, 0) is 11.5 Å². The van der Waals surface area contributed by atoms with Crippen molar-refractivity contribution < 1.29 is 9.16 Å². The van der Waals surface area contributed by atoms with Crippen molar-refractivity contribution in [3.8, 4) is 5.75 Å². The monoisotopic (exact) mass is 332 g/mol. The van der Waals surface area contributed by atoms with Gasteiger partial charge in [-0.1, -0.05) is 32.9 Å². The van der Waals surface area contributed by atoms with E-state index >= 15 is 0 Å². The number of ether oxygens (including phenoxy) is 1. The molecule has 4 nitrogen and oxygen atoms in total. The summed E-state index contributed by atoms with van der Waals surface area (Å²) in [6, 6.07) is 11.5. The van der Waals surface area contributed by atoms with Crippen molar-refractivity contribution in [2.45, 2.75) is 45.0 Å². The van der Waals surface area contributed by atoms with Gasteiger partial charge >= 0.3 is 0 Å². The van der Waals surface area contributed by atoms with Gasteiger partial charge < -0.3 is 13.7 Å². The van der Waals surface area contributed by atoms with Gasteiger partial charge in [0, 0.05) is 19.4 Å². The normalized spacial score (nSPS) is 13.1. The van der Waals surface area contributed by atoms with Crippen molar-refractivity contribution >= 4 is 8.32 Å². The maximum Gasteiger partial charge on any atom is 0.193 e. The van der Waals surface area contributed by atoms with Crippen LogP contribution in [0.1, 0.15) is 38.3 Å². The molecule has 0 aliphatic heterocycles. The summed E-state index contributed by atoms with van der Waals surface area (Å²) in [6.45, 7) is 6.76. The quantitative estimate of drug-likeness (QED) is 0.666. The first kappa shape index (κ1) is 17.8. The Morgan fingerprint density at radius 1 is 1.09 bits per heavy atom. The molecule has 2 rings (SSSR count). The Hall–Kier alpha value is -1.59. The van der Waals surface area contributed by atoms with Crippen molar-refractivity contribution in [1.82, 2.24) is 9.55 Å². The highest BCUT2D eigenvalue weighted by Gasteiger charge is 2.34. The van der Waals surface area contributed by atoms with Crippen LogP contribution in [0, 0.1) is 0 Å². The van der Waals surface area contributed by atoms with Crippen LogP contribution in [0.3, 0.4) is 0 Å². The molecule has 5 heteroatoms. The number of aryl methyl sites for hydroxylation is 1. The molecule has 0 radical (unpaired) electrons. The van der Waals surface area contributed by atoms with Gasteiger partial charge in [0.15, 0.2) is 8.32 Å². The molecule has 0 saturated carbocycles. The lowest BCUT2D eigenvalue weighted by molar-refractivity contribution is 0.216. The van der Waals surface area contributed by atoms with Crippen molar-refractivity contribution in [3.63, 3.8) is 0 Å². The lowest BCUT2D eigenvalue weighted by Gasteiger charge is -2.33. The summed E-state index contributed by atoms with van der Waals surface area (Å²) >= 11 is 0. The lowest BCUT2D eigenvalue weighted by atomic mass is 10.1. The highest BCUT2D eigenvalue weighted by atomic mass is 28.4. The van der Waals surface area contributed by atoms with Crippen molar-refractivity contribution in [1.29, 1.82) is 0 Å². The van der Waals surface area contributed by atoms with E-state index in [4.69, 9.17) is 9.16 Å². The molecule has 0 aliphatic carbocycles. The second-order valence-corrected chi connectivity index (χ2v) is 10.6. The summed E-state index contributed by atoms with van der Waals surface area (Å²) in [5.74, 6) is 1.82. The van der Waals surface area contributed by atoms with Gasteiger partial charge in [0.05, 0.1) is 7.11 Å². The Kier molecular flexibility index (Phi) is 6.02. The second-order valence-electron chi connectivity index (χ2n) is 5.91. The van der Waals surface area contributed by atoms with Crippen LogP contribution in [0.2, 0.25) is 18.1 Å². The number of imidazole rings is 1. The Bertz CT molecular complexity index is 597. The molecule has 1 aromatic heterocycles. The molecule has 0 bridgehead atoms. The molecule has 1 unspecified atom stereocenters. The van der Waals surface area contributed by atoms with E-state index in [0.717, 1.165) is 35.3 Å². The second kappa shape index (κ2) is 7.79. The molecule has 1 aromatic carbocycles. The van der Waals surface area contributed by atoms with Crippen LogP contribution in [0.25, 0.3) is 0 Å². The fraction of sp³-hybridized carbons (Fsp3) is 0.500. The largest absolute Gasteiger partial charge is 0.497 e. The van der Waals surface area contributed by atoms with Gasteiger partial charge in [-0.2, -0.15) is 0 Å². The first-order chi connectivity index (χ1) is 11.1. The third kappa shape index (κ3) is 3.84. The Labute approximate surface area is 140 Å². The van der Waals surface area contributed by atoms with Crippen LogP contribution in [0.4, 0.5) is 0 Å². The Morgan fingerprint density at radius 2 is 1.70 bits per heavy atom. The van der Waals surface area contributed by atoms with E-state index in [-0.39, 0.29) is 6.10 Å². The number of rotatable bonds is 8. The Morgan fingerprint density at radius 3 is 2.13 bits per heavy atom. The number of methoxy groups -OCH3 is 1. The summed E-state index contributed by atoms with van der Waals surface area (Å²) in [7, 11) is 1.96. The SMILES string of the molecule is CC[Si](CC)(CC)OC(c1ccc(OC)cc1)c1nccn1C. The van der Waals surface area contributed by atoms with E-state index in [1.165, 1.54) is 0 Å². The fourth-order valence-corrected chi connectivity index (χ4v) is 5.67. The van der Waals surface area contributed by atoms with Crippen molar-refractivity contribution in [2.24, 2.45) is 7.05 Å². The van der Waals surface area contributed by atoms with Gasteiger partial charge in [0.25, 0.3) is 0 Å². The van der Waals surface area contributed by atoms with Crippen LogP contribution < -0.4 is 4.74 Å². The van der Waals surface area contributed by atoms with E-state index in [0.29, 0.717) is 0 Å². The summed E-state index contributed by atoms with van der Waals surface area (Å²) in [5, 5.41) is 0. The maximum atomic E-state index is 6.79. The molecule has 1 heterocycles. The zero-order valence-corrected chi connectivity index (χ0v) is 15.9. The summed E-state index contributed by atoms with van der Waals surface area (Å²) in [4.78, 5) is 4.55. The van der Waals surface area contributed by atoms with Crippen molar-refractivity contribution in [3.05, 3.63) is 48.0 Å². The predicted octanol–water partition coefficient (Wildman–Crippen LogP) is 4.54. The molecular weight excluding hydrogens is 304 g/mol. The van der Waals surface area contributed by atoms with Gasteiger partial charge in [-0.05, 0) is 35.8 Å². The first-order valence-electron chi connectivity index (χ1n) is 8.38. The third-order valence-corrected chi connectivity index (χ3v) is 9.41. The molecular formula is C18H28N2O2Si. The molecule has 2 aromatic rings. The smallest absolute Gasteiger partial charge is 0.193 e. The van der Waals surface area contributed by atoms with Crippen LogP contribution in [0.5, 0.6) is 5.75 Å². The number of hydrogen-bond donors (Lipinski definition) is 0.